The summed E-state index contributed by atoms with van der Waals surface area (Å²) in [6.45, 7) is 22.4. The smallest absolute Gasteiger partial charge is 0.452 e. The number of aliphatic hydroxyl groups is 2. The molecule has 0 fully saturated rings. The predicted octanol–water partition coefficient (Wildman–Crippen LogP) is 2.86. The van der Waals surface area contributed by atoms with Crippen LogP contribution in [0.3, 0.4) is 0 Å². The summed E-state index contributed by atoms with van der Waals surface area (Å²) in [4.78, 5) is 12.3. The van der Waals surface area contributed by atoms with E-state index in [1.54, 1.807) is 0 Å². The van der Waals surface area contributed by atoms with E-state index in [0.29, 0.717) is 0 Å². The average molecular weight is 455 g/mol. The highest BCUT2D eigenvalue weighted by Gasteiger charge is 2.60. The van der Waals surface area contributed by atoms with Crippen molar-refractivity contribution >= 4 is 39.7 Å². The van der Waals surface area contributed by atoms with Gasteiger partial charge in [-0.15, -0.1) is 0 Å². The summed E-state index contributed by atoms with van der Waals surface area (Å²) >= 11 is 0. The summed E-state index contributed by atoms with van der Waals surface area (Å²) < 4.78 is 25.0. The molecule has 0 amide bonds. The third-order valence-electron chi connectivity index (χ3n) is 2.81. The number of esters is 1. The van der Waals surface area contributed by atoms with Gasteiger partial charge in [0.1, 0.15) is 6.10 Å². The molecule has 0 radical (unpaired) electrons. The lowest BCUT2D eigenvalue weighted by atomic mass is 10.3. The molecule has 0 aromatic rings. The molecule has 0 aliphatic carbocycles. The number of rotatable bonds is 11. The summed E-state index contributed by atoms with van der Waals surface area (Å²) in [7, 11) is -10.5. The number of carbonyl (C=O) groups excluding carboxylic acids is 1. The number of carbonyl (C=O) groups is 1. The maximum absolute atomic E-state index is 12.3. The molecule has 0 aliphatic rings. The lowest BCUT2D eigenvalue weighted by Crippen LogP contribution is -2.70. The zero-order valence-corrected chi connectivity index (χ0v) is 22.5. The zero-order chi connectivity index (χ0) is 21.8. The lowest BCUT2D eigenvalue weighted by molar-refractivity contribution is -0.149. The van der Waals surface area contributed by atoms with Crippen LogP contribution in [-0.2, 0) is 21.9 Å². The molecule has 2 N–H and O–H groups in total. The normalized spacial score (nSPS) is 16.0. The monoisotopic (exact) mass is 454 g/mol. The van der Waals surface area contributed by atoms with E-state index in [9.17, 15) is 15.0 Å². The largest absolute Gasteiger partial charge is 0.515 e. The van der Waals surface area contributed by atoms with Crippen LogP contribution in [0.25, 0.3) is 0 Å². The van der Waals surface area contributed by atoms with Crippen LogP contribution in [0.1, 0.15) is 6.92 Å². The molecule has 0 saturated carbocycles. The van der Waals surface area contributed by atoms with Crippen molar-refractivity contribution in [3.8, 4) is 0 Å². The van der Waals surface area contributed by atoms with Crippen molar-refractivity contribution in [1.82, 2.24) is 0 Å². The van der Waals surface area contributed by atoms with Crippen LogP contribution in [0.2, 0.25) is 58.9 Å². The molecule has 0 aliphatic heterocycles. The van der Waals surface area contributed by atoms with Crippen molar-refractivity contribution in [3.63, 3.8) is 0 Å². The summed E-state index contributed by atoms with van der Waals surface area (Å²) in [6, 6.07) is 0. The van der Waals surface area contributed by atoms with Gasteiger partial charge in [0.15, 0.2) is 30.7 Å². The molecule has 0 bridgehead atoms. The highest BCUT2D eigenvalue weighted by Crippen LogP contribution is 2.31. The summed E-state index contributed by atoms with van der Waals surface area (Å²) in [6.07, 6.45) is -1.39. The van der Waals surface area contributed by atoms with E-state index in [0.717, 1.165) is 0 Å². The van der Waals surface area contributed by atoms with Gasteiger partial charge in [-0.05, 0) is 65.8 Å². The number of hydrogen-bond acceptors (Lipinski definition) is 7. The molecule has 0 saturated heterocycles. The maximum Gasteiger partial charge on any atom is 0.515 e. The predicted molar refractivity (Wildman–Crippen MR) is 117 cm³/mol. The Bertz CT molecular complexity index is 480. The lowest BCUT2D eigenvalue weighted by Gasteiger charge is -2.46. The van der Waals surface area contributed by atoms with Crippen LogP contribution in [0.4, 0.5) is 0 Å². The minimum Gasteiger partial charge on any atom is -0.452 e. The van der Waals surface area contributed by atoms with Gasteiger partial charge in [0.2, 0.25) is 0 Å². The molecule has 11 heteroatoms. The van der Waals surface area contributed by atoms with Crippen molar-refractivity contribution in [1.29, 1.82) is 0 Å². The summed E-state index contributed by atoms with van der Waals surface area (Å²) in [5.41, 5.74) is -1.04. The molecule has 0 heterocycles. The Morgan fingerprint density at radius 3 is 1.44 bits per heavy atom. The Kier molecular flexibility index (Phi) is 9.54. The minimum absolute atomic E-state index is 0.182. The van der Waals surface area contributed by atoms with Crippen LogP contribution in [0.5, 0.6) is 0 Å². The van der Waals surface area contributed by atoms with Crippen LogP contribution in [-0.4, -0.2) is 68.4 Å². The van der Waals surface area contributed by atoms with Gasteiger partial charge in [0.05, 0.1) is 6.61 Å². The maximum atomic E-state index is 12.3. The molecular formula is C16H38O7Si4. The summed E-state index contributed by atoms with van der Waals surface area (Å²) in [5, 5.41) is 20.2. The molecule has 2 unspecified atom stereocenters. The highest BCUT2D eigenvalue weighted by molar-refractivity contribution is 6.90. The van der Waals surface area contributed by atoms with Gasteiger partial charge in [-0.2, -0.15) is 0 Å². The molecule has 0 aromatic heterocycles. The molecule has 7 nitrogen and oxygen atoms in total. The second kappa shape index (κ2) is 9.58. The number of aliphatic hydroxyl groups excluding tert-OH is 2. The first kappa shape index (κ1) is 26.9. The first-order valence-electron chi connectivity index (χ1n) is 9.08. The Hall–Kier alpha value is -0.122. The fourth-order valence-corrected chi connectivity index (χ4v) is 16.3. The third kappa shape index (κ3) is 10.3. The highest BCUT2D eigenvalue weighted by atomic mass is 28.5. The number of hydrogen-bond donors (Lipinski definition) is 2. The van der Waals surface area contributed by atoms with Gasteiger partial charge in [-0.1, -0.05) is 6.58 Å². The van der Waals surface area contributed by atoms with Crippen LogP contribution >= 0.6 is 0 Å². The fraction of sp³-hybridized carbons (Fsp3) is 0.812. The summed E-state index contributed by atoms with van der Waals surface area (Å²) in [5.74, 6) is -0.679. The first-order valence-corrected chi connectivity index (χ1v) is 21.1. The Morgan fingerprint density at radius 1 is 0.889 bits per heavy atom. The van der Waals surface area contributed by atoms with Gasteiger partial charge in [0, 0.05) is 5.57 Å². The van der Waals surface area contributed by atoms with E-state index >= 15 is 0 Å². The Labute approximate surface area is 168 Å². The van der Waals surface area contributed by atoms with Crippen molar-refractivity contribution in [2.24, 2.45) is 0 Å². The third-order valence-corrected chi connectivity index (χ3v) is 14.8. The fourth-order valence-electron chi connectivity index (χ4n) is 2.22. The molecule has 0 rings (SSSR count). The molecule has 0 aromatic carbocycles. The van der Waals surface area contributed by atoms with Crippen LogP contribution in [0.15, 0.2) is 12.2 Å². The van der Waals surface area contributed by atoms with E-state index in [2.05, 4.69) is 6.58 Å². The first-order chi connectivity index (χ1) is 11.8. The van der Waals surface area contributed by atoms with E-state index in [-0.39, 0.29) is 5.57 Å². The molecule has 2 atom stereocenters. The van der Waals surface area contributed by atoms with Gasteiger partial charge in [-0.25, -0.2) is 4.79 Å². The van der Waals surface area contributed by atoms with Crippen molar-refractivity contribution in [2.75, 3.05) is 6.61 Å². The van der Waals surface area contributed by atoms with Crippen LogP contribution < -0.4 is 0 Å². The molecule has 27 heavy (non-hydrogen) atoms. The zero-order valence-electron chi connectivity index (χ0n) is 18.5. The SMILES string of the molecule is C=C(C)C(=O)OC(C(O)CO)[Si](O[Si](C)(C)C)(O[Si](C)(C)C)O[Si](C)(C)C. The van der Waals surface area contributed by atoms with Gasteiger partial charge in [-0.3, -0.25) is 0 Å². The molecule has 0 spiro atoms. The number of ether oxygens (including phenoxy) is 1. The average Bonchev–Trinajstić information content (AvgIpc) is 2.37. The van der Waals surface area contributed by atoms with Gasteiger partial charge in [0.25, 0.3) is 0 Å². The van der Waals surface area contributed by atoms with Crippen molar-refractivity contribution in [3.05, 3.63) is 12.2 Å². The molecular weight excluding hydrogens is 417 g/mol. The topological polar surface area (TPSA) is 94.5 Å². The van der Waals surface area contributed by atoms with E-state index < -0.39 is 58.2 Å². The Balaban J connectivity index is 6.51. The Morgan fingerprint density at radius 2 is 1.22 bits per heavy atom. The standard InChI is InChI=1S/C16H38O7Si4/c1-13(2)15(19)20-16(14(18)12-17)27(21-24(3,4)5,22-25(6,7)8)23-26(9,10)11/h14,16-18H,1,12H2,2-11H3. The minimum atomic E-state index is -3.73. The quantitative estimate of drug-likeness (QED) is 0.281. The molecule has 160 valence electrons. The van der Waals surface area contributed by atoms with Gasteiger partial charge >= 0.3 is 14.8 Å². The van der Waals surface area contributed by atoms with Crippen molar-refractivity contribution in [2.45, 2.75) is 77.7 Å². The van der Waals surface area contributed by atoms with E-state index in [4.69, 9.17) is 17.1 Å². The van der Waals surface area contributed by atoms with E-state index in [1.165, 1.54) is 6.92 Å². The van der Waals surface area contributed by atoms with E-state index in [1.807, 2.05) is 58.9 Å². The van der Waals surface area contributed by atoms with Crippen LogP contribution in [0, 0.1) is 0 Å². The van der Waals surface area contributed by atoms with Gasteiger partial charge < -0.3 is 27.3 Å². The van der Waals surface area contributed by atoms with Crippen molar-refractivity contribution < 1.29 is 32.1 Å². The second-order valence-electron chi connectivity index (χ2n) is 9.60. The second-order valence-corrected chi connectivity index (χ2v) is 26.5.